The van der Waals surface area contributed by atoms with E-state index in [1.165, 1.54) is 6.07 Å². The van der Waals surface area contributed by atoms with Crippen molar-refractivity contribution in [2.75, 3.05) is 6.61 Å². The largest absolute Gasteiger partial charge is 0.466 e. The van der Waals surface area contributed by atoms with Crippen LogP contribution in [0.15, 0.2) is 24.3 Å². The predicted octanol–water partition coefficient (Wildman–Crippen LogP) is 1.51. The van der Waals surface area contributed by atoms with Gasteiger partial charge in [-0.1, -0.05) is 30.7 Å². The topological polar surface area (TPSA) is 98.5 Å². The number of carbonyl (C=O) groups is 3. The molecule has 0 aliphatic heterocycles. The fourth-order valence-corrected chi connectivity index (χ4v) is 2.08. The van der Waals surface area contributed by atoms with Gasteiger partial charge in [0.05, 0.1) is 23.1 Å². The second-order valence-corrected chi connectivity index (χ2v) is 5.20. The summed E-state index contributed by atoms with van der Waals surface area (Å²) in [5.41, 5.74) is 5.52. The van der Waals surface area contributed by atoms with Crippen molar-refractivity contribution >= 4 is 29.4 Å². The maximum absolute atomic E-state index is 12.1. The highest BCUT2D eigenvalue weighted by molar-refractivity contribution is 6.33. The number of carbonyl (C=O) groups excluding carboxylic acids is 3. The molecule has 0 radical (unpaired) electrons. The molecule has 6 nitrogen and oxygen atoms in total. The van der Waals surface area contributed by atoms with Crippen molar-refractivity contribution in [1.82, 2.24) is 5.32 Å². The second kappa shape index (κ2) is 8.38. The zero-order chi connectivity index (χ0) is 16.7. The van der Waals surface area contributed by atoms with E-state index in [1.807, 2.05) is 0 Å². The minimum Gasteiger partial charge on any atom is -0.466 e. The van der Waals surface area contributed by atoms with E-state index in [0.29, 0.717) is 0 Å². The molecule has 7 heteroatoms. The quantitative estimate of drug-likeness (QED) is 0.742. The van der Waals surface area contributed by atoms with Crippen molar-refractivity contribution < 1.29 is 19.1 Å². The molecule has 0 heterocycles. The maximum Gasteiger partial charge on any atom is 0.308 e. The molecule has 2 atom stereocenters. The second-order valence-electron chi connectivity index (χ2n) is 4.80. The van der Waals surface area contributed by atoms with E-state index in [0.717, 1.165) is 0 Å². The number of ether oxygens (including phenoxy) is 1. The lowest BCUT2D eigenvalue weighted by Gasteiger charge is -2.19. The zero-order valence-electron chi connectivity index (χ0n) is 12.5. The number of rotatable bonds is 7. The Morgan fingerprint density at radius 2 is 1.95 bits per heavy atom. The van der Waals surface area contributed by atoms with Crippen LogP contribution >= 0.6 is 11.6 Å². The van der Waals surface area contributed by atoms with Gasteiger partial charge in [0.25, 0.3) is 5.91 Å². The fraction of sp³-hybridized carbons (Fsp3) is 0.400. The average Bonchev–Trinajstić information content (AvgIpc) is 2.46. The molecule has 0 unspecified atom stereocenters. The molecule has 0 spiro atoms. The third-order valence-corrected chi connectivity index (χ3v) is 3.38. The molecule has 0 aliphatic carbocycles. The summed E-state index contributed by atoms with van der Waals surface area (Å²) >= 11 is 5.93. The highest BCUT2D eigenvalue weighted by Crippen LogP contribution is 2.16. The van der Waals surface area contributed by atoms with Gasteiger partial charge in [-0.25, -0.2) is 0 Å². The molecule has 2 amide bonds. The number of hydrogen-bond acceptors (Lipinski definition) is 4. The Kier molecular flexibility index (Phi) is 6.85. The lowest BCUT2D eigenvalue weighted by Crippen LogP contribution is -2.46. The third kappa shape index (κ3) is 5.04. The maximum atomic E-state index is 12.1. The Labute approximate surface area is 134 Å². The average molecular weight is 327 g/mol. The first-order valence-electron chi connectivity index (χ1n) is 6.88. The van der Waals surface area contributed by atoms with Crippen molar-refractivity contribution in [3.63, 3.8) is 0 Å². The van der Waals surface area contributed by atoms with Crippen molar-refractivity contribution in [2.45, 2.75) is 26.3 Å². The Morgan fingerprint density at radius 1 is 1.32 bits per heavy atom. The third-order valence-electron chi connectivity index (χ3n) is 3.05. The van der Waals surface area contributed by atoms with Gasteiger partial charge in [-0.3, -0.25) is 14.4 Å². The van der Waals surface area contributed by atoms with Crippen LogP contribution in [0.1, 0.15) is 30.6 Å². The predicted molar refractivity (Wildman–Crippen MR) is 82.3 cm³/mol. The normalized spacial score (nSPS) is 13.0. The van der Waals surface area contributed by atoms with Gasteiger partial charge in [-0.2, -0.15) is 0 Å². The number of nitrogens with two attached hydrogens (primary N) is 1. The number of hydrogen-bond donors (Lipinski definition) is 2. The molecular weight excluding hydrogens is 308 g/mol. The molecule has 0 saturated heterocycles. The van der Waals surface area contributed by atoms with Crippen LogP contribution in [0.3, 0.4) is 0 Å². The van der Waals surface area contributed by atoms with Crippen LogP contribution in [0.25, 0.3) is 0 Å². The van der Waals surface area contributed by atoms with Crippen LogP contribution in [-0.4, -0.2) is 30.4 Å². The molecule has 0 fully saturated rings. The van der Waals surface area contributed by atoms with E-state index in [-0.39, 0.29) is 23.6 Å². The van der Waals surface area contributed by atoms with Crippen LogP contribution in [0.5, 0.6) is 0 Å². The molecule has 3 N–H and O–H groups in total. The van der Waals surface area contributed by atoms with E-state index in [4.69, 9.17) is 22.1 Å². The van der Waals surface area contributed by atoms with Crippen molar-refractivity contribution in [2.24, 2.45) is 11.7 Å². The number of primary amides is 1. The van der Waals surface area contributed by atoms with Crippen LogP contribution < -0.4 is 11.1 Å². The molecule has 22 heavy (non-hydrogen) atoms. The molecule has 1 rings (SSSR count). The lowest BCUT2D eigenvalue weighted by atomic mass is 10.0. The summed E-state index contributed by atoms with van der Waals surface area (Å²) in [5, 5.41) is 2.76. The monoisotopic (exact) mass is 326 g/mol. The molecule has 1 aromatic carbocycles. The van der Waals surface area contributed by atoms with Gasteiger partial charge >= 0.3 is 5.97 Å². The summed E-state index contributed by atoms with van der Waals surface area (Å²) in [6.45, 7) is 3.54. The van der Waals surface area contributed by atoms with Crippen molar-refractivity contribution in [3.05, 3.63) is 34.9 Å². The summed E-state index contributed by atoms with van der Waals surface area (Å²) in [5.74, 6) is -2.26. The summed E-state index contributed by atoms with van der Waals surface area (Å²) in [6, 6.07) is 5.46. The standard InChI is InChI=1S/C15H19ClN2O4/c1-3-22-15(21)9(2)8-12(13(17)19)18-14(20)10-6-4-5-7-11(10)16/h4-7,9,12H,3,8H2,1-2H3,(H2,17,19)(H,18,20)/t9-,12-/m0/s1. The van der Waals surface area contributed by atoms with Gasteiger partial charge in [-0.15, -0.1) is 0 Å². The summed E-state index contributed by atoms with van der Waals surface area (Å²) < 4.78 is 4.87. The molecule has 0 aliphatic rings. The minimum absolute atomic E-state index is 0.0599. The number of benzene rings is 1. The lowest BCUT2D eigenvalue weighted by molar-refractivity contribution is -0.147. The highest BCUT2D eigenvalue weighted by Gasteiger charge is 2.26. The molecule has 120 valence electrons. The van der Waals surface area contributed by atoms with Crippen LogP contribution in [0.4, 0.5) is 0 Å². The van der Waals surface area contributed by atoms with Crippen LogP contribution in [0.2, 0.25) is 5.02 Å². The molecule has 0 aromatic heterocycles. The van der Waals surface area contributed by atoms with E-state index < -0.39 is 29.7 Å². The van der Waals surface area contributed by atoms with Gasteiger partial charge in [0.1, 0.15) is 6.04 Å². The van der Waals surface area contributed by atoms with Crippen LogP contribution in [-0.2, 0) is 14.3 Å². The van der Waals surface area contributed by atoms with Crippen molar-refractivity contribution in [1.29, 1.82) is 0 Å². The Hall–Kier alpha value is -2.08. The molecule has 0 bridgehead atoms. The zero-order valence-corrected chi connectivity index (χ0v) is 13.2. The smallest absolute Gasteiger partial charge is 0.308 e. The fourth-order valence-electron chi connectivity index (χ4n) is 1.86. The minimum atomic E-state index is -0.983. The van der Waals surface area contributed by atoms with E-state index >= 15 is 0 Å². The first-order chi connectivity index (χ1) is 10.4. The number of amides is 2. The van der Waals surface area contributed by atoms with Crippen LogP contribution in [0, 0.1) is 5.92 Å². The molecule has 1 aromatic rings. The Morgan fingerprint density at radius 3 is 2.50 bits per heavy atom. The Bertz CT molecular complexity index is 562. The van der Waals surface area contributed by atoms with E-state index in [1.54, 1.807) is 32.0 Å². The summed E-state index contributed by atoms with van der Waals surface area (Å²) in [6.07, 6.45) is 0.0599. The molecule has 0 saturated carbocycles. The van der Waals surface area contributed by atoms with Gasteiger partial charge in [0, 0.05) is 0 Å². The van der Waals surface area contributed by atoms with Gasteiger partial charge in [-0.05, 0) is 25.5 Å². The first kappa shape index (κ1) is 18.0. The van der Waals surface area contributed by atoms with Crippen molar-refractivity contribution in [3.8, 4) is 0 Å². The number of esters is 1. The Balaban J connectivity index is 2.77. The number of nitrogens with one attached hydrogen (secondary N) is 1. The summed E-state index contributed by atoms with van der Waals surface area (Å²) in [4.78, 5) is 35.2. The first-order valence-corrected chi connectivity index (χ1v) is 7.26. The highest BCUT2D eigenvalue weighted by atomic mass is 35.5. The van der Waals surface area contributed by atoms with Gasteiger partial charge < -0.3 is 15.8 Å². The molecular formula is C15H19ClN2O4. The SMILES string of the molecule is CCOC(=O)[C@@H](C)C[C@H](NC(=O)c1ccccc1Cl)C(N)=O. The van der Waals surface area contributed by atoms with E-state index in [9.17, 15) is 14.4 Å². The van der Waals surface area contributed by atoms with E-state index in [2.05, 4.69) is 5.32 Å². The van der Waals surface area contributed by atoms with Gasteiger partial charge in [0.2, 0.25) is 5.91 Å². The number of halogens is 1. The summed E-state index contributed by atoms with van der Waals surface area (Å²) in [7, 11) is 0. The van der Waals surface area contributed by atoms with Gasteiger partial charge in [0.15, 0.2) is 0 Å².